The van der Waals surface area contributed by atoms with E-state index >= 15 is 0 Å². The van der Waals surface area contributed by atoms with E-state index in [1.165, 1.54) is 18.5 Å². The van der Waals surface area contributed by atoms with Crippen molar-refractivity contribution >= 4 is 0 Å². The van der Waals surface area contributed by atoms with Crippen LogP contribution in [0.2, 0.25) is 0 Å². The maximum Gasteiger partial charge on any atom is 0.184 e. The molecule has 0 aliphatic rings. The first-order valence-corrected chi connectivity index (χ1v) is 3.76. The molecule has 1 aromatic heterocycles. The molecule has 3 nitrogen and oxygen atoms in total. The van der Waals surface area contributed by atoms with Gasteiger partial charge in [-0.05, 0) is 12.1 Å². The van der Waals surface area contributed by atoms with Crippen molar-refractivity contribution in [2.24, 2.45) is 0 Å². The molecule has 13 heavy (non-hydrogen) atoms. The van der Waals surface area contributed by atoms with Crippen LogP contribution in [0.15, 0.2) is 36.7 Å². The van der Waals surface area contributed by atoms with Crippen molar-refractivity contribution in [1.29, 1.82) is 0 Å². The summed E-state index contributed by atoms with van der Waals surface area (Å²) in [5.74, 6) is -0.0314. The van der Waals surface area contributed by atoms with Gasteiger partial charge in [0.2, 0.25) is 0 Å². The third kappa shape index (κ3) is 1.51. The average molecular weight is 175 g/mol. The summed E-state index contributed by atoms with van der Waals surface area (Å²) in [6, 6.07) is 6.34. The summed E-state index contributed by atoms with van der Waals surface area (Å²) in [7, 11) is 0. The van der Waals surface area contributed by atoms with Gasteiger partial charge >= 0.3 is 0 Å². The van der Waals surface area contributed by atoms with E-state index in [1.54, 1.807) is 18.2 Å². The zero-order valence-corrected chi connectivity index (χ0v) is 6.68. The summed E-state index contributed by atoms with van der Waals surface area (Å²) in [5, 5.41) is 7.33. The maximum atomic E-state index is 13.2. The molecule has 0 saturated heterocycles. The Morgan fingerprint density at radius 2 is 1.92 bits per heavy atom. The Morgan fingerprint density at radius 1 is 1.08 bits per heavy atom. The molecule has 0 spiro atoms. The number of hydrogen-bond acceptors (Lipinski definition) is 3. The van der Waals surface area contributed by atoms with E-state index < -0.39 is 0 Å². The zero-order valence-electron chi connectivity index (χ0n) is 6.68. The molecule has 4 heteroatoms. The standard InChI is InChI=1S/C9H6FN3/c10-8-4-2-1-3-7(8)9-11-5-6-12-13-9/h1-6H. The summed E-state index contributed by atoms with van der Waals surface area (Å²) < 4.78 is 13.2. The van der Waals surface area contributed by atoms with Gasteiger partial charge in [0.1, 0.15) is 5.82 Å². The van der Waals surface area contributed by atoms with Gasteiger partial charge in [0.15, 0.2) is 5.82 Å². The summed E-state index contributed by atoms with van der Waals surface area (Å²) in [6.07, 6.45) is 2.93. The first-order chi connectivity index (χ1) is 6.38. The van der Waals surface area contributed by atoms with Gasteiger partial charge in [0.25, 0.3) is 0 Å². The van der Waals surface area contributed by atoms with E-state index in [-0.39, 0.29) is 5.82 Å². The number of nitrogens with zero attached hydrogens (tertiary/aromatic N) is 3. The van der Waals surface area contributed by atoms with Gasteiger partial charge in [-0.1, -0.05) is 12.1 Å². The quantitative estimate of drug-likeness (QED) is 0.661. The lowest BCUT2D eigenvalue weighted by Gasteiger charge is -1.98. The van der Waals surface area contributed by atoms with Crippen LogP contribution in [0.3, 0.4) is 0 Å². The molecule has 0 radical (unpaired) electrons. The van der Waals surface area contributed by atoms with Crippen molar-refractivity contribution in [1.82, 2.24) is 15.2 Å². The predicted octanol–water partition coefficient (Wildman–Crippen LogP) is 1.68. The van der Waals surface area contributed by atoms with Crippen LogP contribution in [0.25, 0.3) is 11.4 Å². The van der Waals surface area contributed by atoms with Crippen molar-refractivity contribution in [3.8, 4) is 11.4 Å². The van der Waals surface area contributed by atoms with Gasteiger partial charge in [-0.25, -0.2) is 9.37 Å². The fourth-order valence-corrected chi connectivity index (χ4v) is 1.01. The molecule has 0 N–H and O–H groups in total. The highest BCUT2D eigenvalue weighted by Gasteiger charge is 2.05. The third-order valence-electron chi connectivity index (χ3n) is 1.60. The lowest BCUT2D eigenvalue weighted by atomic mass is 10.2. The zero-order chi connectivity index (χ0) is 9.10. The minimum Gasteiger partial charge on any atom is -0.233 e. The first-order valence-electron chi connectivity index (χ1n) is 3.76. The van der Waals surface area contributed by atoms with E-state index in [0.29, 0.717) is 11.4 Å². The van der Waals surface area contributed by atoms with Crippen molar-refractivity contribution < 1.29 is 4.39 Å². The summed E-state index contributed by atoms with van der Waals surface area (Å²) >= 11 is 0. The average Bonchev–Trinajstić information content (AvgIpc) is 2.20. The fourth-order valence-electron chi connectivity index (χ4n) is 1.01. The number of rotatable bonds is 1. The van der Waals surface area contributed by atoms with Crippen LogP contribution in [0.1, 0.15) is 0 Å². The van der Waals surface area contributed by atoms with Crippen LogP contribution in [-0.2, 0) is 0 Å². The van der Waals surface area contributed by atoms with Crippen LogP contribution >= 0.6 is 0 Å². The third-order valence-corrected chi connectivity index (χ3v) is 1.60. The Balaban J connectivity index is 2.54. The molecule has 0 unspecified atom stereocenters. The molecule has 0 aliphatic carbocycles. The van der Waals surface area contributed by atoms with Crippen LogP contribution in [0.4, 0.5) is 4.39 Å². The molecule has 64 valence electrons. The minimum absolute atomic E-state index is 0.306. The van der Waals surface area contributed by atoms with Gasteiger partial charge in [-0.2, -0.15) is 5.10 Å². The van der Waals surface area contributed by atoms with Crippen molar-refractivity contribution in [2.75, 3.05) is 0 Å². The second kappa shape index (κ2) is 3.26. The first kappa shape index (κ1) is 7.79. The molecule has 0 fully saturated rings. The normalized spacial score (nSPS) is 9.92. The topological polar surface area (TPSA) is 38.7 Å². The molecule has 0 atom stereocenters. The Bertz CT molecular complexity index is 403. The molecule has 1 aromatic carbocycles. The maximum absolute atomic E-state index is 13.2. The van der Waals surface area contributed by atoms with Gasteiger partial charge in [0, 0.05) is 6.20 Å². The highest BCUT2D eigenvalue weighted by Crippen LogP contribution is 2.16. The summed E-state index contributed by atoms with van der Waals surface area (Å²) in [5.41, 5.74) is 0.371. The number of benzene rings is 1. The predicted molar refractivity (Wildman–Crippen MR) is 45.2 cm³/mol. The van der Waals surface area contributed by atoms with E-state index in [2.05, 4.69) is 15.2 Å². The van der Waals surface area contributed by atoms with Crippen LogP contribution in [-0.4, -0.2) is 15.2 Å². The van der Waals surface area contributed by atoms with Gasteiger partial charge in [-0.3, -0.25) is 0 Å². The number of hydrogen-bond donors (Lipinski definition) is 0. The van der Waals surface area contributed by atoms with E-state index in [9.17, 15) is 4.39 Å². The van der Waals surface area contributed by atoms with Crippen molar-refractivity contribution in [2.45, 2.75) is 0 Å². The summed E-state index contributed by atoms with van der Waals surface area (Å²) in [6.45, 7) is 0. The Hall–Kier alpha value is -1.84. The SMILES string of the molecule is Fc1ccccc1-c1nccnn1. The highest BCUT2D eigenvalue weighted by molar-refractivity contribution is 5.54. The molecule has 0 amide bonds. The van der Waals surface area contributed by atoms with Crippen LogP contribution < -0.4 is 0 Å². The molecule has 2 rings (SSSR count). The number of halogens is 1. The van der Waals surface area contributed by atoms with Gasteiger partial charge < -0.3 is 0 Å². The Morgan fingerprint density at radius 3 is 2.62 bits per heavy atom. The molecule has 0 saturated carbocycles. The second-order valence-corrected chi connectivity index (χ2v) is 2.45. The van der Waals surface area contributed by atoms with E-state index in [0.717, 1.165) is 0 Å². The number of aromatic nitrogens is 3. The lowest BCUT2D eigenvalue weighted by Crippen LogP contribution is -1.92. The fraction of sp³-hybridized carbons (Fsp3) is 0. The van der Waals surface area contributed by atoms with Crippen molar-refractivity contribution in [3.63, 3.8) is 0 Å². The highest BCUT2D eigenvalue weighted by atomic mass is 19.1. The Kier molecular flexibility index (Phi) is 1.96. The minimum atomic E-state index is -0.337. The largest absolute Gasteiger partial charge is 0.233 e. The lowest BCUT2D eigenvalue weighted by molar-refractivity contribution is 0.629. The monoisotopic (exact) mass is 175 g/mol. The molecular formula is C9H6FN3. The Labute approximate surface area is 74.3 Å². The smallest absolute Gasteiger partial charge is 0.184 e. The van der Waals surface area contributed by atoms with E-state index in [4.69, 9.17) is 0 Å². The van der Waals surface area contributed by atoms with Gasteiger partial charge in [-0.15, -0.1) is 5.10 Å². The molecular weight excluding hydrogens is 169 g/mol. The van der Waals surface area contributed by atoms with Crippen LogP contribution in [0, 0.1) is 5.82 Å². The second-order valence-electron chi connectivity index (χ2n) is 2.45. The molecule has 1 heterocycles. The van der Waals surface area contributed by atoms with Crippen molar-refractivity contribution in [3.05, 3.63) is 42.5 Å². The van der Waals surface area contributed by atoms with Crippen LogP contribution in [0.5, 0.6) is 0 Å². The molecule has 2 aromatic rings. The van der Waals surface area contributed by atoms with E-state index in [1.807, 2.05) is 0 Å². The van der Waals surface area contributed by atoms with Gasteiger partial charge in [0.05, 0.1) is 11.8 Å². The molecule has 0 bridgehead atoms. The summed E-state index contributed by atoms with van der Waals surface area (Å²) in [4.78, 5) is 3.90. The molecule has 0 aliphatic heterocycles.